The highest BCUT2D eigenvalue weighted by atomic mass is 32.1. The lowest BCUT2D eigenvalue weighted by Gasteiger charge is -2.37. The smallest absolute Gasteiger partial charge is 0.141 e. The van der Waals surface area contributed by atoms with E-state index in [1.165, 1.54) is 54.6 Å². The van der Waals surface area contributed by atoms with Gasteiger partial charge in [-0.15, -0.1) is 11.3 Å². The van der Waals surface area contributed by atoms with E-state index in [0.717, 1.165) is 13.1 Å². The second kappa shape index (κ2) is 5.78. The third-order valence-corrected chi connectivity index (χ3v) is 6.36. The number of anilines is 1. The molecule has 4 rings (SSSR count). The molecule has 2 aliphatic rings. The van der Waals surface area contributed by atoms with Crippen molar-refractivity contribution in [1.82, 2.24) is 14.9 Å². The number of nitrogens with zero attached hydrogens (tertiary/aromatic N) is 4. The van der Waals surface area contributed by atoms with Crippen LogP contribution in [0.15, 0.2) is 6.33 Å². The summed E-state index contributed by atoms with van der Waals surface area (Å²) in [5.41, 5.74) is 1.55. The summed E-state index contributed by atoms with van der Waals surface area (Å²) in [6.07, 6.45) is 9.39. The molecule has 1 fully saturated rings. The second-order valence-corrected chi connectivity index (χ2v) is 7.88. The zero-order valence-corrected chi connectivity index (χ0v) is 14.3. The molecule has 0 saturated carbocycles. The van der Waals surface area contributed by atoms with Gasteiger partial charge in [0.15, 0.2) is 0 Å². The van der Waals surface area contributed by atoms with Crippen molar-refractivity contribution in [2.45, 2.75) is 44.6 Å². The molecule has 118 valence electrons. The number of hydrogen-bond donors (Lipinski definition) is 0. The van der Waals surface area contributed by atoms with Crippen LogP contribution in [0.3, 0.4) is 0 Å². The van der Waals surface area contributed by atoms with Crippen molar-refractivity contribution >= 4 is 27.4 Å². The van der Waals surface area contributed by atoms with E-state index in [1.807, 2.05) is 11.3 Å². The Hall–Kier alpha value is -1.20. The van der Waals surface area contributed by atoms with Crippen LogP contribution in [0.2, 0.25) is 0 Å². The predicted octanol–water partition coefficient (Wildman–Crippen LogP) is 3.10. The van der Waals surface area contributed by atoms with Gasteiger partial charge < -0.3 is 9.80 Å². The lowest BCUT2D eigenvalue weighted by atomic mass is 9.96. The molecule has 0 spiro atoms. The minimum absolute atomic E-state index is 0.633. The molecule has 22 heavy (non-hydrogen) atoms. The Morgan fingerprint density at radius 3 is 2.91 bits per heavy atom. The van der Waals surface area contributed by atoms with Crippen molar-refractivity contribution in [1.29, 1.82) is 0 Å². The highest BCUT2D eigenvalue weighted by molar-refractivity contribution is 7.19. The van der Waals surface area contributed by atoms with Gasteiger partial charge in [-0.1, -0.05) is 0 Å². The van der Waals surface area contributed by atoms with Crippen molar-refractivity contribution in [2.24, 2.45) is 0 Å². The number of likely N-dealkylation sites (N-methyl/N-ethyl adjacent to an activating group) is 1. The van der Waals surface area contributed by atoms with Crippen LogP contribution in [-0.4, -0.2) is 48.1 Å². The number of fused-ring (bicyclic) bond motifs is 3. The molecule has 0 aromatic carbocycles. The Labute approximate surface area is 136 Å². The van der Waals surface area contributed by atoms with Gasteiger partial charge in [-0.2, -0.15) is 0 Å². The van der Waals surface area contributed by atoms with Crippen LogP contribution in [0.1, 0.15) is 36.1 Å². The average molecular weight is 316 g/mol. The third kappa shape index (κ3) is 2.40. The molecule has 0 radical (unpaired) electrons. The molecule has 2 aromatic rings. The van der Waals surface area contributed by atoms with Crippen LogP contribution in [0.25, 0.3) is 10.2 Å². The van der Waals surface area contributed by atoms with E-state index in [2.05, 4.69) is 28.9 Å². The van der Waals surface area contributed by atoms with Crippen molar-refractivity contribution in [3.05, 3.63) is 16.8 Å². The first-order valence-electron chi connectivity index (χ1n) is 8.40. The van der Waals surface area contributed by atoms with Gasteiger partial charge in [0.2, 0.25) is 0 Å². The second-order valence-electron chi connectivity index (χ2n) is 6.79. The predicted molar refractivity (Wildman–Crippen MR) is 93.0 cm³/mol. The van der Waals surface area contributed by atoms with Crippen molar-refractivity contribution < 1.29 is 0 Å². The summed E-state index contributed by atoms with van der Waals surface area (Å²) in [6.45, 7) is 2.21. The van der Waals surface area contributed by atoms with Gasteiger partial charge in [0.25, 0.3) is 0 Å². The number of hydrogen-bond acceptors (Lipinski definition) is 5. The number of rotatable bonds is 2. The summed E-state index contributed by atoms with van der Waals surface area (Å²) in [5, 5.41) is 1.36. The lowest BCUT2D eigenvalue weighted by Crippen LogP contribution is -2.45. The number of aromatic nitrogens is 2. The highest BCUT2D eigenvalue weighted by Gasteiger charge is 2.26. The quantitative estimate of drug-likeness (QED) is 0.852. The molecule has 0 N–H and O–H groups in total. The fraction of sp³-hybridized carbons (Fsp3) is 0.647. The number of thiophene rings is 1. The summed E-state index contributed by atoms with van der Waals surface area (Å²) in [4.78, 5) is 16.9. The largest absolute Gasteiger partial charge is 0.354 e. The van der Waals surface area contributed by atoms with Gasteiger partial charge in [0.05, 0.1) is 5.39 Å². The molecule has 1 saturated heterocycles. The van der Waals surface area contributed by atoms with Gasteiger partial charge in [0, 0.05) is 24.0 Å². The van der Waals surface area contributed by atoms with Crippen molar-refractivity contribution in [3.63, 3.8) is 0 Å². The lowest BCUT2D eigenvalue weighted by molar-refractivity contribution is 0.257. The summed E-state index contributed by atoms with van der Waals surface area (Å²) in [7, 11) is 4.38. The van der Waals surface area contributed by atoms with E-state index >= 15 is 0 Å². The summed E-state index contributed by atoms with van der Waals surface area (Å²) in [6, 6.07) is 0.633. The fourth-order valence-corrected chi connectivity index (χ4v) is 5.11. The van der Waals surface area contributed by atoms with Crippen LogP contribution in [0, 0.1) is 0 Å². The average Bonchev–Trinajstić information content (AvgIpc) is 2.93. The minimum atomic E-state index is 0.633. The molecular formula is C17H24N4S. The standard InChI is InChI=1S/C17H24N4S/c1-20(2)12-6-5-9-21(10-12)16-15-13-7-3-4-8-14(13)22-17(15)19-11-18-16/h11-12H,3-10H2,1-2H3. The van der Waals surface area contributed by atoms with E-state index in [9.17, 15) is 0 Å². The Bertz CT molecular complexity index is 679. The van der Waals surface area contributed by atoms with Gasteiger partial charge in [-0.25, -0.2) is 9.97 Å². The zero-order valence-electron chi connectivity index (χ0n) is 13.5. The number of piperidine rings is 1. The highest BCUT2D eigenvalue weighted by Crippen LogP contribution is 2.39. The minimum Gasteiger partial charge on any atom is -0.354 e. The normalized spacial score (nSPS) is 22.3. The Balaban J connectivity index is 1.76. The molecule has 1 unspecified atom stereocenters. The van der Waals surface area contributed by atoms with Crippen molar-refractivity contribution in [3.8, 4) is 0 Å². The first-order chi connectivity index (χ1) is 10.7. The van der Waals surface area contributed by atoms with Gasteiger partial charge in [0.1, 0.15) is 17.0 Å². The molecule has 1 atom stereocenters. The molecule has 1 aliphatic carbocycles. The molecule has 0 bridgehead atoms. The topological polar surface area (TPSA) is 32.3 Å². The van der Waals surface area contributed by atoms with Crippen molar-refractivity contribution in [2.75, 3.05) is 32.1 Å². The van der Waals surface area contributed by atoms with E-state index in [1.54, 1.807) is 16.8 Å². The molecule has 4 nitrogen and oxygen atoms in total. The van der Waals surface area contributed by atoms with Crippen LogP contribution in [0.4, 0.5) is 5.82 Å². The van der Waals surface area contributed by atoms with Crippen LogP contribution in [0.5, 0.6) is 0 Å². The maximum absolute atomic E-state index is 4.71. The van der Waals surface area contributed by atoms with E-state index < -0.39 is 0 Å². The molecule has 5 heteroatoms. The SMILES string of the molecule is CN(C)C1CCCN(c2ncnc3sc4c(c23)CCCC4)C1. The Kier molecular flexibility index (Phi) is 3.78. The first kappa shape index (κ1) is 14.4. The van der Waals surface area contributed by atoms with Gasteiger partial charge in [-0.05, 0) is 58.2 Å². The molecule has 3 heterocycles. The van der Waals surface area contributed by atoms with E-state index in [-0.39, 0.29) is 0 Å². The summed E-state index contributed by atoms with van der Waals surface area (Å²) >= 11 is 1.90. The molecule has 2 aromatic heterocycles. The molecule has 1 aliphatic heterocycles. The van der Waals surface area contributed by atoms with E-state index in [0.29, 0.717) is 6.04 Å². The first-order valence-corrected chi connectivity index (χ1v) is 9.22. The summed E-state index contributed by atoms with van der Waals surface area (Å²) in [5.74, 6) is 1.19. The van der Waals surface area contributed by atoms with Gasteiger partial charge >= 0.3 is 0 Å². The van der Waals surface area contributed by atoms with E-state index in [4.69, 9.17) is 4.98 Å². The zero-order chi connectivity index (χ0) is 15.1. The van der Waals surface area contributed by atoms with Gasteiger partial charge in [-0.3, -0.25) is 0 Å². The fourth-order valence-electron chi connectivity index (χ4n) is 3.88. The summed E-state index contributed by atoms with van der Waals surface area (Å²) < 4.78 is 0. The monoisotopic (exact) mass is 316 g/mol. The Morgan fingerprint density at radius 1 is 1.18 bits per heavy atom. The maximum Gasteiger partial charge on any atom is 0.141 e. The van der Waals surface area contributed by atoms with Crippen LogP contribution < -0.4 is 4.90 Å². The van der Waals surface area contributed by atoms with Crippen LogP contribution >= 0.6 is 11.3 Å². The van der Waals surface area contributed by atoms with Crippen LogP contribution in [-0.2, 0) is 12.8 Å². The third-order valence-electron chi connectivity index (χ3n) is 5.16. The molecular weight excluding hydrogens is 292 g/mol. The number of aryl methyl sites for hydroxylation is 2. The Morgan fingerprint density at radius 2 is 2.05 bits per heavy atom. The molecule has 0 amide bonds. The maximum atomic E-state index is 4.71.